The van der Waals surface area contributed by atoms with Gasteiger partial charge in [0.25, 0.3) is 0 Å². The van der Waals surface area contributed by atoms with Gasteiger partial charge in [-0.3, -0.25) is 4.57 Å². The van der Waals surface area contributed by atoms with Crippen LogP contribution in [0.3, 0.4) is 0 Å². The maximum Gasteiger partial charge on any atom is 0.237 e. The molecular weight excluding hydrogens is 440 g/mol. The number of benzene rings is 2. The van der Waals surface area contributed by atoms with Crippen molar-refractivity contribution >= 4 is 17.7 Å². The summed E-state index contributed by atoms with van der Waals surface area (Å²) in [6, 6.07) is 17.9. The number of rotatable bonds is 8. The summed E-state index contributed by atoms with van der Waals surface area (Å²) in [6.45, 7) is 3.66. The fourth-order valence-electron chi connectivity index (χ4n) is 3.61. The van der Waals surface area contributed by atoms with Crippen LogP contribution in [-0.2, 0) is 17.0 Å². The lowest BCUT2D eigenvalue weighted by atomic mass is 10.2. The molecule has 0 saturated carbocycles. The highest BCUT2D eigenvalue weighted by Gasteiger charge is 2.21. The molecule has 0 unspecified atom stereocenters. The van der Waals surface area contributed by atoms with E-state index in [0.717, 1.165) is 35.5 Å². The van der Waals surface area contributed by atoms with Gasteiger partial charge in [0.1, 0.15) is 5.75 Å². The number of anilines is 1. The number of methoxy groups -OCH3 is 1. The van der Waals surface area contributed by atoms with Gasteiger partial charge in [-0.2, -0.15) is 4.98 Å². The third-order valence-electron chi connectivity index (χ3n) is 5.30. The van der Waals surface area contributed by atoms with Crippen LogP contribution in [0.5, 0.6) is 5.75 Å². The highest BCUT2D eigenvalue weighted by Crippen LogP contribution is 2.28. The lowest BCUT2D eigenvalue weighted by Gasteiger charge is -2.28. The summed E-state index contributed by atoms with van der Waals surface area (Å²) in [5, 5.41) is 13.9. The maximum absolute atomic E-state index is 5.51. The van der Waals surface area contributed by atoms with Crippen molar-refractivity contribution < 1.29 is 14.0 Å². The van der Waals surface area contributed by atoms with Gasteiger partial charge in [0.2, 0.25) is 17.7 Å². The van der Waals surface area contributed by atoms with Gasteiger partial charge in [-0.25, -0.2) is 0 Å². The second kappa shape index (κ2) is 10.1. The first-order valence-corrected chi connectivity index (χ1v) is 11.7. The third-order valence-corrected chi connectivity index (χ3v) is 6.25. The lowest BCUT2D eigenvalue weighted by Crippen LogP contribution is -2.38. The van der Waals surface area contributed by atoms with Gasteiger partial charge < -0.3 is 18.9 Å². The van der Waals surface area contributed by atoms with Crippen molar-refractivity contribution in [2.45, 2.75) is 17.5 Å². The maximum atomic E-state index is 5.51. The summed E-state index contributed by atoms with van der Waals surface area (Å²) < 4.78 is 18.4. The van der Waals surface area contributed by atoms with E-state index in [4.69, 9.17) is 14.0 Å². The molecule has 1 aliphatic heterocycles. The molecule has 2 aromatic carbocycles. The van der Waals surface area contributed by atoms with Gasteiger partial charge in [0.15, 0.2) is 5.16 Å². The second-order valence-electron chi connectivity index (χ2n) is 7.49. The van der Waals surface area contributed by atoms with Gasteiger partial charge in [0, 0.05) is 18.7 Å². The van der Waals surface area contributed by atoms with E-state index in [1.54, 1.807) is 7.11 Å². The normalized spacial score (nSPS) is 13.9. The molecule has 0 aliphatic carbocycles. The Morgan fingerprint density at radius 2 is 1.88 bits per heavy atom. The fraction of sp³-hybridized carbons (Fsp3) is 0.304. The van der Waals surface area contributed by atoms with Crippen LogP contribution in [0.25, 0.3) is 11.4 Å². The van der Waals surface area contributed by atoms with Crippen LogP contribution in [0.4, 0.5) is 5.95 Å². The molecule has 0 spiro atoms. The molecule has 0 N–H and O–H groups in total. The summed E-state index contributed by atoms with van der Waals surface area (Å²) in [4.78, 5) is 6.76. The zero-order valence-electron chi connectivity index (χ0n) is 18.3. The first-order valence-electron chi connectivity index (χ1n) is 10.7. The molecule has 1 fully saturated rings. The topological polar surface area (TPSA) is 91.3 Å². The second-order valence-corrected chi connectivity index (χ2v) is 8.43. The first-order chi connectivity index (χ1) is 16.3. The van der Waals surface area contributed by atoms with E-state index in [0.29, 0.717) is 37.2 Å². The molecule has 170 valence electrons. The van der Waals surface area contributed by atoms with Crippen molar-refractivity contribution in [1.82, 2.24) is 24.9 Å². The quantitative estimate of drug-likeness (QED) is 0.363. The minimum atomic E-state index is 0.493. The van der Waals surface area contributed by atoms with Crippen molar-refractivity contribution in [3.8, 4) is 17.1 Å². The molecule has 1 saturated heterocycles. The molecule has 5 rings (SSSR count). The SMILES string of the molecule is COc1cccc(-c2noc(CSc3nnc(N4CCOCC4)n3Cc3ccccc3)n2)c1. The minimum absolute atomic E-state index is 0.493. The van der Waals surface area contributed by atoms with Crippen LogP contribution in [0, 0.1) is 0 Å². The third kappa shape index (κ3) is 5.01. The molecule has 9 nitrogen and oxygen atoms in total. The van der Waals surface area contributed by atoms with Crippen LogP contribution >= 0.6 is 11.8 Å². The zero-order chi connectivity index (χ0) is 22.5. The molecule has 0 amide bonds. The minimum Gasteiger partial charge on any atom is -0.497 e. The first kappa shape index (κ1) is 21.5. The van der Waals surface area contributed by atoms with Crippen LogP contribution < -0.4 is 9.64 Å². The Morgan fingerprint density at radius 3 is 2.70 bits per heavy atom. The number of morpholine rings is 1. The highest BCUT2D eigenvalue weighted by atomic mass is 32.2. The Kier molecular flexibility index (Phi) is 6.54. The number of hydrogen-bond acceptors (Lipinski definition) is 9. The van der Waals surface area contributed by atoms with Gasteiger partial charge in [-0.15, -0.1) is 10.2 Å². The molecule has 3 heterocycles. The average molecular weight is 465 g/mol. The Morgan fingerprint density at radius 1 is 1.03 bits per heavy atom. The lowest BCUT2D eigenvalue weighted by molar-refractivity contribution is 0.121. The predicted octanol–water partition coefficient (Wildman–Crippen LogP) is 3.51. The smallest absolute Gasteiger partial charge is 0.237 e. The van der Waals surface area contributed by atoms with E-state index in [1.807, 2.05) is 42.5 Å². The van der Waals surface area contributed by atoms with Gasteiger partial charge in [0.05, 0.1) is 32.6 Å². The van der Waals surface area contributed by atoms with Crippen molar-refractivity contribution in [3.05, 3.63) is 66.1 Å². The Hall–Kier alpha value is -3.37. The summed E-state index contributed by atoms with van der Waals surface area (Å²) >= 11 is 1.53. The Bertz CT molecular complexity index is 1190. The zero-order valence-corrected chi connectivity index (χ0v) is 19.1. The van der Waals surface area contributed by atoms with E-state index in [9.17, 15) is 0 Å². The molecule has 10 heteroatoms. The predicted molar refractivity (Wildman–Crippen MR) is 124 cm³/mol. The molecule has 0 atom stereocenters. The molecule has 2 aromatic heterocycles. The van der Waals surface area contributed by atoms with Gasteiger partial charge in [-0.05, 0) is 17.7 Å². The largest absolute Gasteiger partial charge is 0.497 e. The highest BCUT2D eigenvalue weighted by molar-refractivity contribution is 7.98. The van der Waals surface area contributed by atoms with Crippen molar-refractivity contribution in [2.24, 2.45) is 0 Å². The Labute approximate surface area is 195 Å². The molecule has 0 radical (unpaired) electrons. The van der Waals surface area contributed by atoms with Crippen molar-refractivity contribution in [2.75, 3.05) is 38.3 Å². The molecular formula is C23H24N6O3S. The monoisotopic (exact) mass is 464 g/mol. The van der Waals surface area contributed by atoms with Crippen LogP contribution in [0.1, 0.15) is 11.5 Å². The van der Waals surface area contributed by atoms with Gasteiger partial charge >= 0.3 is 0 Å². The number of thioether (sulfide) groups is 1. The number of aromatic nitrogens is 5. The molecule has 0 bridgehead atoms. The average Bonchev–Trinajstić information content (AvgIpc) is 3.51. The fourth-order valence-corrected chi connectivity index (χ4v) is 4.38. The summed E-state index contributed by atoms with van der Waals surface area (Å²) in [7, 11) is 1.63. The van der Waals surface area contributed by atoms with Crippen LogP contribution in [0.2, 0.25) is 0 Å². The Balaban J connectivity index is 1.35. The van der Waals surface area contributed by atoms with Crippen molar-refractivity contribution in [3.63, 3.8) is 0 Å². The van der Waals surface area contributed by atoms with Crippen molar-refractivity contribution in [1.29, 1.82) is 0 Å². The standard InChI is InChI=1S/C23H24N6O3S/c1-30-19-9-5-8-18(14-19)21-24-20(32-27-21)16-33-23-26-25-22(28-10-12-31-13-11-28)29(23)15-17-6-3-2-4-7-17/h2-9,14H,10-13,15-16H2,1H3. The van der Waals surface area contributed by atoms with E-state index >= 15 is 0 Å². The summed E-state index contributed by atoms with van der Waals surface area (Å²) in [5.41, 5.74) is 2.03. The van der Waals surface area contributed by atoms with E-state index in [-0.39, 0.29) is 0 Å². The van der Waals surface area contributed by atoms with Gasteiger partial charge in [-0.1, -0.05) is 59.4 Å². The van der Waals surface area contributed by atoms with Crippen LogP contribution in [0.15, 0.2) is 64.3 Å². The van der Waals surface area contributed by atoms with E-state index in [2.05, 4.69) is 41.9 Å². The van der Waals surface area contributed by atoms with E-state index < -0.39 is 0 Å². The summed E-state index contributed by atoms with van der Waals surface area (Å²) in [6.07, 6.45) is 0. The number of hydrogen-bond donors (Lipinski definition) is 0. The summed E-state index contributed by atoms with van der Waals surface area (Å²) in [5.74, 6) is 3.15. The number of nitrogens with zero attached hydrogens (tertiary/aromatic N) is 6. The van der Waals surface area contributed by atoms with E-state index in [1.165, 1.54) is 17.3 Å². The van der Waals surface area contributed by atoms with Crippen LogP contribution in [-0.4, -0.2) is 58.3 Å². The molecule has 33 heavy (non-hydrogen) atoms. The molecule has 1 aliphatic rings. The molecule has 4 aromatic rings. The number of ether oxygens (including phenoxy) is 2.